The van der Waals surface area contributed by atoms with Gasteiger partial charge in [-0.05, 0) is 18.2 Å². The van der Waals surface area contributed by atoms with Crippen LogP contribution >= 0.6 is 0 Å². The number of hydrogen-bond acceptors (Lipinski definition) is 6. The molecule has 3 heterocycles. The van der Waals surface area contributed by atoms with E-state index < -0.39 is 0 Å². The highest BCUT2D eigenvalue weighted by molar-refractivity contribution is 6.63. The first-order chi connectivity index (χ1) is 10.3. The number of hydrogen-bond donors (Lipinski definition) is 0. The molecule has 0 unspecified atom stereocenters. The van der Waals surface area contributed by atoms with E-state index >= 15 is 0 Å². The fourth-order valence-electron chi connectivity index (χ4n) is 1.89. The molecule has 7 heteroatoms. The van der Waals surface area contributed by atoms with Crippen LogP contribution in [0.25, 0.3) is 0 Å². The van der Waals surface area contributed by atoms with Gasteiger partial charge in [0.05, 0.1) is 24.6 Å². The number of anilines is 1. The molecular formula is C14H12N6O. The molecule has 2 aromatic heterocycles. The zero-order valence-corrected chi connectivity index (χ0v) is 11.1. The Balaban J connectivity index is 1.91. The number of aromatic nitrogens is 3. The Kier molecular flexibility index (Phi) is 3.72. The fourth-order valence-corrected chi connectivity index (χ4v) is 1.89. The number of aliphatic imine (C=N–C) groups is 2. The van der Waals surface area contributed by atoms with Crippen LogP contribution in [-0.2, 0) is 11.3 Å². The van der Waals surface area contributed by atoms with E-state index in [4.69, 9.17) is 0 Å². The third-order valence-electron chi connectivity index (χ3n) is 2.88. The van der Waals surface area contributed by atoms with Gasteiger partial charge in [-0.25, -0.2) is 9.97 Å². The van der Waals surface area contributed by atoms with Gasteiger partial charge in [-0.3, -0.25) is 24.7 Å². The molecular weight excluding hydrogens is 268 g/mol. The van der Waals surface area contributed by atoms with E-state index in [0.717, 1.165) is 0 Å². The van der Waals surface area contributed by atoms with E-state index in [2.05, 4.69) is 24.9 Å². The zero-order valence-electron chi connectivity index (χ0n) is 11.1. The zero-order chi connectivity index (χ0) is 14.5. The van der Waals surface area contributed by atoms with E-state index in [1.54, 1.807) is 47.9 Å². The predicted octanol–water partition coefficient (Wildman–Crippen LogP) is 0.888. The Hall–Kier alpha value is -2.96. The number of carbonyl (C=O) groups is 1. The molecule has 0 aliphatic carbocycles. The molecule has 0 atom stereocenters. The van der Waals surface area contributed by atoms with Gasteiger partial charge in [0.1, 0.15) is 18.2 Å². The minimum atomic E-state index is -0.239. The van der Waals surface area contributed by atoms with Crippen LogP contribution in [0.15, 0.2) is 53.0 Å². The first kappa shape index (κ1) is 13.0. The quantitative estimate of drug-likeness (QED) is 0.832. The summed E-state index contributed by atoms with van der Waals surface area (Å²) < 4.78 is 0. The number of nitrogens with zero attached hydrogens (tertiary/aromatic N) is 6. The van der Waals surface area contributed by atoms with E-state index in [1.165, 1.54) is 6.21 Å². The van der Waals surface area contributed by atoms with Crippen molar-refractivity contribution in [2.75, 3.05) is 11.6 Å². The summed E-state index contributed by atoms with van der Waals surface area (Å²) in [4.78, 5) is 34.5. The fraction of sp³-hybridized carbons (Fsp3) is 0.143. The molecule has 0 bridgehead atoms. The summed E-state index contributed by atoms with van der Waals surface area (Å²) in [5.74, 6) is 0.307. The van der Waals surface area contributed by atoms with Crippen LogP contribution in [0.1, 0.15) is 5.82 Å². The van der Waals surface area contributed by atoms with Crippen LogP contribution in [0.4, 0.5) is 5.69 Å². The van der Waals surface area contributed by atoms with Gasteiger partial charge in [0.25, 0.3) is 5.91 Å². The van der Waals surface area contributed by atoms with Crippen molar-refractivity contribution in [2.24, 2.45) is 9.98 Å². The van der Waals surface area contributed by atoms with Crippen molar-refractivity contribution in [3.05, 3.63) is 48.8 Å². The van der Waals surface area contributed by atoms with Crippen LogP contribution in [0.2, 0.25) is 0 Å². The topological polar surface area (TPSA) is 83.7 Å². The van der Waals surface area contributed by atoms with E-state index in [-0.39, 0.29) is 12.5 Å². The number of pyridine rings is 1. The second-order valence-corrected chi connectivity index (χ2v) is 4.26. The summed E-state index contributed by atoms with van der Waals surface area (Å²) in [6, 6.07) is 5.31. The van der Waals surface area contributed by atoms with Crippen molar-refractivity contribution >= 4 is 23.5 Å². The summed E-state index contributed by atoms with van der Waals surface area (Å²) >= 11 is 0. The summed E-state index contributed by atoms with van der Waals surface area (Å²) in [6.07, 6.45) is 8.04. The number of carbonyl (C=O) groups excluding carboxylic acids is 1. The molecule has 7 nitrogen and oxygen atoms in total. The summed E-state index contributed by atoms with van der Waals surface area (Å²) in [5.41, 5.74) is 0.993. The summed E-state index contributed by atoms with van der Waals surface area (Å²) in [6.45, 7) is 0.544. The van der Waals surface area contributed by atoms with Gasteiger partial charge in [-0.1, -0.05) is 0 Å². The van der Waals surface area contributed by atoms with Crippen LogP contribution in [0, 0.1) is 0 Å². The van der Waals surface area contributed by atoms with E-state index in [1.807, 2.05) is 0 Å². The highest BCUT2D eigenvalue weighted by Crippen LogP contribution is 2.15. The van der Waals surface area contributed by atoms with Gasteiger partial charge < -0.3 is 0 Å². The van der Waals surface area contributed by atoms with Crippen LogP contribution in [0.5, 0.6) is 0 Å². The van der Waals surface area contributed by atoms with Gasteiger partial charge >= 0.3 is 0 Å². The molecule has 1 aliphatic rings. The minimum absolute atomic E-state index is 0.239. The molecule has 21 heavy (non-hydrogen) atoms. The maximum Gasteiger partial charge on any atom is 0.278 e. The Bertz CT molecular complexity index is 683. The lowest BCUT2D eigenvalue weighted by molar-refractivity contribution is -0.112. The molecule has 104 valence electrons. The standard InChI is InChI=1S/C14H12N6O/c21-14(12-8-16-10-19-12)20(11-3-1-4-15-7-11)9-13-17-5-2-6-18-13/h1-8H,9-10H2. The molecule has 0 N–H and O–H groups in total. The van der Waals surface area contributed by atoms with Gasteiger partial charge in [0.15, 0.2) is 0 Å². The lowest BCUT2D eigenvalue weighted by atomic mass is 10.3. The smallest absolute Gasteiger partial charge is 0.278 e. The van der Waals surface area contributed by atoms with Crippen LogP contribution in [0.3, 0.4) is 0 Å². The molecule has 0 saturated heterocycles. The number of amides is 1. The van der Waals surface area contributed by atoms with E-state index in [0.29, 0.717) is 23.9 Å². The van der Waals surface area contributed by atoms with Crippen molar-refractivity contribution < 1.29 is 4.79 Å². The van der Waals surface area contributed by atoms with Crippen LogP contribution < -0.4 is 4.90 Å². The van der Waals surface area contributed by atoms with Gasteiger partial charge in [-0.2, -0.15) is 0 Å². The molecule has 1 aliphatic heterocycles. The molecule has 2 aromatic rings. The molecule has 0 spiro atoms. The second-order valence-electron chi connectivity index (χ2n) is 4.26. The van der Waals surface area contributed by atoms with Crippen molar-refractivity contribution in [1.82, 2.24) is 15.0 Å². The Morgan fingerprint density at radius 1 is 1.19 bits per heavy atom. The summed E-state index contributed by atoms with van der Waals surface area (Å²) in [5, 5.41) is 0. The average Bonchev–Trinajstić information content (AvgIpc) is 3.08. The van der Waals surface area contributed by atoms with Crippen molar-refractivity contribution in [2.45, 2.75) is 6.54 Å². The second kappa shape index (κ2) is 6.00. The molecule has 0 aromatic carbocycles. The third-order valence-corrected chi connectivity index (χ3v) is 2.88. The lowest BCUT2D eigenvalue weighted by Gasteiger charge is -2.20. The van der Waals surface area contributed by atoms with Gasteiger partial charge in [-0.15, -0.1) is 0 Å². The normalized spacial score (nSPS) is 13.0. The monoisotopic (exact) mass is 280 g/mol. The Morgan fingerprint density at radius 2 is 2.05 bits per heavy atom. The van der Waals surface area contributed by atoms with Gasteiger partial charge in [0, 0.05) is 18.6 Å². The predicted molar refractivity (Wildman–Crippen MR) is 78.3 cm³/mol. The third kappa shape index (κ3) is 2.97. The number of rotatable bonds is 4. The first-order valence-corrected chi connectivity index (χ1v) is 6.36. The maximum absolute atomic E-state index is 12.6. The lowest BCUT2D eigenvalue weighted by Crippen LogP contribution is -2.37. The molecule has 3 rings (SSSR count). The molecule has 0 radical (unpaired) electrons. The summed E-state index contributed by atoms with van der Waals surface area (Å²) in [7, 11) is 0. The van der Waals surface area contributed by atoms with Gasteiger partial charge in [0.2, 0.25) is 0 Å². The maximum atomic E-state index is 12.6. The van der Waals surface area contributed by atoms with E-state index in [9.17, 15) is 4.79 Å². The highest BCUT2D eigenvalue weighted by Gasteiger charge is 2.22. The largest absolute Gasteiger partial charge is 0.298 e. The molecule has 1 amide bonds. The van der Waals surface area contributed by atoms with Crippen molar-refractivity contribution in [1.29, 1.82) is 0 Å². The minimum Gasteiger partial charge on any atom is -0.298 e. The average molecular weight is 280 g/mol. The highest BCUT2D eigenvalue weighted by atomic mass is 16.2. The molecule has 0 fully saturated rings. The molecule has 0 saturated carbocycles. The van der Waals surface area contributed by atoms with Crippen molar-refractivity contribution in [3.8, 4) is 0 Å². The first-order valence-electron chi connectivity index (χ1n) is 6.36. The Labute approximate surface area is 121 Å². The Morgan fingerprint density at radius 3 is 2.71 bits per heavy atom. The van der Waals surface area contributed by atoms with Crippen LogP contribution in [-0.4, -0.2) is 39.5 Å². The SMILES string of the molecule is O=C(C1=NCN=C1)N(Cc1ncccn1)c1cccnc1. The van der Waals surface area contributed by atoms with Crippen molar-refractivity contribution in [3.63, 3.8) is 0 Å².